The summed E-state index contributed by atoms with van der Waals surface area (Å²) in [6, 6.07) is -0.617. The lowest BCUT2D eigenvalue weighted by atomic mass is 10.0. The Hall–Kier alpha value is -1.84. The number of carboxylic acid groups (broad SMARTS) is 1. The number of aliphatic carboxylic acids is 1. The summed E-state index contributed by atoms with van der Waals surface area (Å²) in [6.07, 6.45) is 5.78. The van der Waals surface area contributed by atoms with Gasteiger partial charge in [0.05, 0.1) is 11.7 Å². The average molecular weight is 336 g/mol. The number of amides is 1. The summed E-state index contributed by atoms with van der Waals surface area (Å²) < 4.78 is 3.88. The van der Waals surface area contributed by atoms with Gasteiger partial charge in [-0.15, -0.1) is 11.8 Å². The first-order chi connectivity index (χ1) is 10.6. The molecule has 1 fully saturated rings. The minimum atomic E-state index is -1.32. The molecule has 114 valence electrons. The van der Waals surface area contributed by atoms with Crippen LogP contribution in [0.3, 0.4) is 0 Å². The van der Waals surface area contributed by atoms with E-state index in [9.17, 15) is 14.7 Å². The fourth-order valence-electron chi connectivity index (χ4n) is 2.82. The van der Waals surface area contributed by atoms with Crippen molar-refractivity contribution >= 4 is 39.8 Å². The van der Waals surface area contributed by atoms with Gasteiger partial charge in [0.25, 0.3) is 0 Å². The van der Waals surface area contributed by atoms with E-state index in [1.54, 1.807) is 11.3 Å². The summed E-state index contributed by atoms with van der Waals surface area (Å²) in [6.45, 7) is 0.413. The normalized spacial score (nSPS) is 24.6. The predicted octanol–water partition coefficient (Wildman–Crippen LogP) is -1.47. The molecule has 2 N–H and O–H groups in total. The van der Waals surface area contributed by atoms with Crippen LogP contribution in [0.15, 0.2) is 35.4 Å². The van der Waals surface area contributed by atoms with E-state index in [1.165, 1.54) is 16.7 Å². The zero-order valence-corrected chi connectivity index (χ0v) is 13.0. The Kier molecular flexibility index (Phi) is 3.03. The average Bonchev–Trinajstić information content (AvgIpc) is 3.06. The third kappa shape index (κ3) is 1.89. The van der Waals surface area contributed by atoms with Crippen molar-refractivity contribution < 1.29 is 19.3 Å². The van der Waals surface area contributed by atoms with E-state index in [0.717, 1.165) is 4.83 Å². The van der Waals surface area contributed by atoms with Crippen molar-refractivity contribution in [2.24, 2.45) is 5.73 Å². The number of fused-ring (bicyclic) bond motifs is 2. The van der Waals surface area contributed by atoms with Crippen LogP contribution in [0.1, 0.15) is 0 Å². The van der Waals surface area contributed by atoms with Crippen LogP contribution < -0.4 is 15.4 Å². The van der Waals surface area contributed by atoms with Gasteiger partial charge in [-0.2, -0.15) is 4.40 Å². The maximum Gasteiger partial charge on any atom is 0.249 e. The smallest absolute Gasteiger partial charge is 0.249 e. The summed E-state index contributed by atoms with van der Waals surface area (Å²) >= 11 is 3.10. The molecule has 22 heavy (non-hydrogen) atoms. The van der Waals surface area contributed by atoms with Crippen molar-refractivity contribution in [1.29, 1.82) is 0 Å². The number of thiazole rings is 1. The van der Waals surface area contributed by atoms with Crippen LogP contribution in [0.2, 0.25) is 0 Å². The number of rotatable bonds is 3. The quantitative estimate of drug-likeness (QED) is 0.546. The Morgan fingerprint density at radius 1 is 1.55 bits per heavy atom. The molecule has 2 atom stereocenters. The number of hydrogen-bond acceptors (Lipinski definition) is 6. The van der Waals surface area contributed by atoms with Crippen molar-refractivity contribution in [3.63, 3.8) is 0 Å². The van der Waals surface area contributed by atoms with Gasteiger partial charge >= 0.3 is 0 Å². The molecule has 0 spiro atoms. The van der Waals surface area contributed by atoms with Crippen LogP contribution in [0.5, 0.6) is 0 Å². The molecule has 1 amide bonds. The third-order valence-electron chi connectivity index (χ3n) is 3.87. The number of carboxylic acids is 1. The second-order valence-electron chi connectivity index (χ2n) is 5.24. The van der Waals surface area contributed by atoms with Gasteiger partial charge in [0.15, 0.2) is 0 Å². The van der Waals surface area contributed by atoms with Gasteiger partial charge in [0, 0.05) is 16.7 Å². The molecule has 2 aliphatic heterocycles. The fourth-order valence-corrected chi connectivity index (χ4v) is 4.86. The molecule has 2 aliphatic rings. The second kappa shape index (κ2) is 4.83. The number of carbonyl (C=O) groups is 2. The molecule has 2 aromatic rings. The molecule has 0 aromatic carbocycles. The van der Waals surface area contributed by atoms with E-state index in [0.29, 0.717) is 17.9 Å². The highest BCUT2D eigenvalue weighted by atomic mass is 32.2. The zero-order chi connectivity index (χ0) is 15.4. The van der Waals surface area contributed by atoms with Gasteiger partial charge in [-0.25, -0.2) is 4.57 Å². The lowest BCUT2D eigenvalue weighted by Crippen LogP contribution is -2.69. The predicted molar refractivity (Wildman–Crippen MR) is 78.6 cm³/mol. The standard InChI is InChI=1S/C13H12N4O3S2/c14-9-11(18)17-10(13(19)20)7(5-22-12(9)17)3-15-4-8-16(6-15)1-2-21-8/h1-2,4,6,9,12H,3,5,14H2/t9-,12-/m1/s1. The summed E-state index contributed by atoms with van der Waals surface area (Å²) in [5, 5.41) is 13.2. The topological polar surface area (TPSA) is 94.8 Å². The van der Waals surface area contributed by atoms with Crippen LogP contribution >= 0.6 is 23.1 Å². The highest BCUT2D eigenvalue weighted by molar-refractivity contribution is 8.00. The molecule has 9 heteroatoms. The Morgan fingerprint density at radius 2 is 2.36 bits per heavy atom. The number of aromatic nitrogens is 2. The maximum atomic E-state index is 11.9. The second-order valence-corrected chi connectivity index (χ2v) is 7.27. The molecule has 1 saturated heterocycles. The lowest BCUT2D eigenvalue weighted by molar-refractivity contribution is -0.687. The Balaban J connectivity index is 1.70. The van der Waals surface area contributed by atoms with Crippen molar-refractivity contribution in [3.05, 3.63) is 35.4 Å². The molecule has 0 aliphatic carbocycles. The first kappa shape index (κ1) is 13.8. The third-order valence-corrected chi connectivity index (χ3v) is 6.05. The van der Waals surface area contributed by atoms with Crippen LogP contribution in [-0.2, 0) is 16.1 Å². The van der Waals surface area contributed by atoms with Crippen LogP contribution in [0.25, 0.3) is 4.83 Å². The number of carbonyl (C=O) groups excluding carboxylic acids is 2. The van der Waals surface area contributed by atoms with E-state index in [1.807, 2.05) is 33.1 Å². The van der Waals surface area contributed by atoms with Crippen molar-refractivity contribution in [2.45, 2.75) is 18.0 Å². The summed E-state index contributed by atoms with van der Waals surface area (Å²) in [4.78, 5) is 25.7. The van der Waals surface area contributed by atoms with Gasteiger partial charge in [-0.3, -0.25) is 9.69 Å². The van der Waals surface area contributed by atoms with E-state index in [2.05, 4.69) is 0 Å². The number of imidazole rings is 1. The van der Waals surface area contributed by atoms with Gasteiger partial charge in [-0.1, -0.05) is 11.3 Å². The molecule has 7 nitrogen and oxygen atoms in total. The molecule has 0 saturated carbocycles. The van der Waals surface area contributed by atoms with Gasteiger partial charge in [0.1, 0.15) is 30.4 Å². The SMILES string of the molecule is N[C@@H]1C(=O)N2C(C(=O)[O-])=C(C[n+]3cc4sccn4c3)CS[C@H]12. The van der Waals surface area contributed by atoms with Gasteiger partial charge in [0.2, 0.25) is 17.1 Å². The van der Waals surface area contributed by atoms with E-state index < -0.39 is 12.0 Å². The molecular formula is C13H12N4O3S2. The molecule has 0 bridgehead atoms. The molecule has 0 unspecified atom stereocenters. The van der Waals surface area contributed by atoms with Gasteiger partial charge in [-0.05, 0) is 0 Å². The molecule has 4 rings (SSSR count). The highest BCUT2D eigenvalue weighted by Crippen LogP contribution is 2.39. The van der Waals surface area contributed by atoms with E-state index >= 15 is 0 Å². The number of hydrogen-bond donors (Lipinski definition) is 1. The Labute approximate surface area is 133 Å². The molecule has 2 aromatic heterocycles. The Morgan fingerprint density at radius 3 is 3.09 bits per heavy atom. The summed E-state index contributed by atoms with van der Waals surface area (Å²) in [5.41, 5.74) is 6.37. The molecule has 0 radical (unpaired) electrons. The van der Waals surface area contributed by atoms with Crippen molar-refractivity contribution in [1.82, 2.24) is 9.30 Å². The molecule has 4 heterocycles. The Bertz CT molecular complexity index is 796. The van der Waals surface area contributed by atoms with E-state index in [-0.39, 0.29) is 17.0 Å². The van der Waals surface area contributed by atoms with Gasteiger partial charge < -0.3 is 15.6 Å². The summed E-state index contributed by atoms with van der Waals surface area (Å²) in [7, 11) is 0. The first-order valence-corrected chi connectivity index (χ1v) is 8.57. The largest absolute Gasteiger partial charge is 0.543 e. The number of nitrogens with two attached hydrogens (primary N) is 1. The van der Waals surface area contributed by atoms with Crippen LogP contribution in [-0.4, -0.2) is 38.3 Å². The lowest BCUT2D eigenvalue weighted by Gasteiger charge is -2.49. The number of β-lactam (4-membered cyclic amide) rings is 1. The molecular weight excluding hydrogens is 324 g/mol. The number of thioether (sulfide) groups is 1. The fraction of sp³-hybridized carbons (Fsp3) is 0.308. The summed E-state index contributed by atoms with van der Waals surface area (Å²) in [5.74, 6) is -1.14. The minimum Gasteiger partial charge on any atom is -0.543 e. The number of nitrogens with zero attached hydrogens (tertiary/aromatic N) is 3. The first-order valence-electron chi connectivity index (χ1n) is 6.64. The van der Waals surface area contributed by atoms with Crippen molar-refractivity contribution in [2.75, 3.05) is 5.75 Å². The van der Waals surface area contributed by atoms with Crippen molar-refractivity contribution in [3.8, 4) is 0 Å². The highest BCUT2D eigenvalue weighted by Gasteiger charge is 2.50. The monoisotopic (exact) mass is 336 g/mol. The maximum absolute atomic E-state index is 11.9. The van der Waals surface area contributed by atoms with Crippen LogP contribution in [0, 0.1) is 0 Å². The van der Waals surface area contributed by atoms with Crippen LogP contribution in [0.4, 0.5) is 0 Å². The van der Waals surface area contributed by atoms with E-state index in [4.69, 9.17) is 5.73 Å². The zero-order valence-electron chi connectivity index (χ0n) is 11.3. The minimum absolute atomic E-state index is 0.0162.